The number of piperidine rings is 2. The first-order chi connectivity index (χ1) is 11.5. The molecule has 136 valence electrons. The van der Waals surface area contributed by atoms with Crippen molar-refractivity contribution in [2.75, 3.05) is 0 Å². The number of hydrogen-bond acceptors (Lipinski definition) is 10. The Bertz CT molecular complexity index is 712. The lowest BCUT2D eigenvalue weighted by Gasteiger charge is -2.53. The van der Waals surface area contributed by atoms with E-state index in [4.69, 9.17) is 0 Å². The molecule has 2 saturated carbocycles. The van der Waals surface area contributed by atoms with Gasteiger partial charge in [0, 0.05) is 10.8 Å². The second-order valence-corrected chi connectivity index (χ2v) is 6.39. The zero-order valence-electron chi connectivity index (χ0n) is 12.2. The predicted octanol–water partition coefficient (Wildman–Crippen LogP) is -0.840. The van der Waals surface area contributed by atoms with Crippen molar-refractivity contribution in [3.05, 3.63) is 50.6 Å². The van der Waals surface area contributed by atoms with E-state index < -0.39 is 72.8 Å². The van der Waals surface area contributed by atoms with Gasteiger partial charge in [0.25, 0.3) is 0 Å². The van der Waals surface area contributed by atoms with Crippen LogP contribution in [0.25, 0.3) is 0 Å². The Labute approximate surface area is 136 Å². The molecule has 0 aromatic heterocycles. The fraction of sp³-hybridized carbons (Fsp3) is 1.00. The van der Waals surface area contributed by atoms with Crippen LogP contribution in [0, 0.1) is 62.4 Å². The maximum atomic E-state index is 11.6. The molecule has 2 aliphatic heterocycles. The van der Waals surface area contributed by atoms with Crippen molar-refractivity contribution in [1.29, 1.82) is 0 Å². The number of hydrogen-bond donors (Lipinski definition) is 0. The first kappa shape index (κ1) is 16.7. The van der Waals surface area contributed by atoms with Gasteiger partial charge in [-0.1, -0.05) is 0 Å². The van der Waals surface area contributed by atoms with E-state index in [0.29, 0.717) is 0 Å². The standard InChI is InChI=1S/C9H10N6O10/c16-11(17)7-4-1-5-3-8(7,12(18)19)10(15(24)25)6(2-4)9(5,13(20)21)14(22)23/h4-7H,1-3H2. The molecule has 2 aliphatic carbocycles. The van der Waals surface area contributed by atoms with E-state index >= 15 is 0 Å². The Morgan fingerprint density at radius 3 is 1.80 bits per heavy atom. The van der Waals surface area contributed by atoms with Crippen LogP contribution in [0.3, 0.4) is 0 Å². The van der Waals surface area contributed by atoms with Gasteiger partial charge in [0.15, 0.2) is 5.03 Å². The maximum absolute atomic E-state index is 11.6. The van der Waals surface area contributed by atoms with Gasteiger partial charge in [0.1, 0.15) is 15.8 Å². The Kier molecular flexibility index (Phi) is 3.11. The number of nitro groups is 5. The van der Waals surface area contributed by atoms with E-state index in [0.717, 1.165) is 0 Å². The molecular weight excluding hydrogens is 352 g/mol. The molecule has 0 spiro atoms. The summed E-state index contributed by atoms with van der Waals surface area (Å²) in [6, 6.07) is -4.02. The molecule has 4 rings (SSSR count). The Morgan fingerprint density at radius 1 is 0.840 bits per heavy atom. The number of nitrogens with zero attached hydrogens (tertiary/aromatic N) is 6. The lowest BCUT2D eigenvalue weighted by atomic mass is 9.54. The Hall–Kier alpha value is -3.20. The van der Waals surface area contributed by atoms with Gasteiger partial charge in [0.05, 0.1) is 11.3 Å². The van der Waals surface area contributed by atoms with Gasteiger partial charge in [-0.3, -0.25) is 40.5 Å². The van der Waals surface area contributed by atoms with Gasteiger partial charge in [-0.25, -0.2) is 10.1 Å². The normalized spacial score (nSPS) is 37.5. The third-order valence-corrected chi connectivity index (χ3v) is 5.67. The molecule has 2 heterocycles. The highest BCUT2D eigenvalue weighted by molar-refractivity contribution is 5.14. The van der Waals surface area contributed by atoms with Crippen LogP contribution in [0.4, 0.5) is 0 Å². The highest BCUT2D eigenvalue weighted by atomic mass is 16.7. The molecule has 16 nitrogen and oxygen atoms in total. The van der Waals surface area contributed by atoms with Crippen LogP contribution in [0.1, 0.15) is 19.3 Å². The minimum absolute atomic E-state index is 0.210. The van der Waals surface area contributed by atoms with Gasteiger partial charge >= 0.3 is 17.4 Å². The smallest absolute Gasteiger partial charge is 0.264 e. The second kappa shape index (κ2) is 4.67. The van der Waals surface area contributed by atoms with Crippen molar-refractivity contribution in [3.8, 4) is 0 Å². The molecule has 4 bridgehead atoms. The summed E-state index contributed by atoms with van der Waals surface area (Å²) < 4.78 is 0. The zero-order chi connectivity index (χ0) is 18.9. The van der Waals surface area contributed by atoms with Gasteiger partial charge in [0.2, 0.25) is 6.04 Å². The Balaban J connectivity index is 2.30. The van der Waals surface area contributed by atoms with E-state index in [9.17, 15) is 50.6 Å². The largest absolute Gasteiger partial charge is 0.487 e. The van der Waals surface area contributed by atoms with Crippen molar-refractivity contribution >= 4 is 0 Å². The summed E-state index contributed by atoms with van der Waals surface area (Å²) in [7, 11) is 0. The summed E-state index contributed by atoms with van der Waals surface area (Å²) in [4.78, 5) is 52.8. The zero-order valence-corrected chi connectivity index (χ0v) is 12.2. The minimum atomic E-state index is -3.01. The topological polar surface area (TPSA) is 219 Å². The van der Waals surface area contributed by atoms with Crippen molar-refractivity contribution in [3.63, 3.8) is 0 Å². The first-order valence-corrected chi connectivity index (χ1v) is 7.03. The molecule has 4 fully saturated rings. The predicted molar refractivity (Wildman–Crippen MR) is 70.7 cm³/mol. The lowest BCUT2D eigenvalue weighted by Crippen LogP contribution is -2.86. The van der Waals surface area contributed by atoms with Crippen LogP contribution in [-0.4, -0.2) is 53.1 Å². The molecule has 0 radical (unpaired) electrons. The van der Waals surface area contributed by atoms with E-state index in [2.05, 4.69) is 0 Å². The molecule has 0 N–H and O–H groups in total. The number of rotatable bonds is 5. The van der Waals surface area contributed by atoms with Crippen LogP contribution in [-0.2, 0) is 0 Å². The molecule has 0 aromatic carbocycles. The SMILES string of the molecule is O=[N+]([O-])C1C2CC3CC1([N+](=O)[O-])N([N+](=O)[O-])C(C2)C3([N+](=O)[O-])[N+](=O)[O-]. The Morgan fingerprint density at radius 2 is 1.40 bits per heavy atom. The molecule has 16 heteroatoms. The number of hydrazine groups is 1. The summed E-state index contributed by atoms with van der Waals surface area (Å²) in [5.41, 5.74) is -5.86. The van der Waals surface area contributed by atoms with Gasteiger partial charge in [-0.05, 0) is 17.9 Å². The van der Waals surface area contributed by atoms with Crippen molar-refractivity contribution in [1.82, 2.24) is 5.01 Å². The quantitative estimate of drug-likeness (QED) is 0.333. The molecular formula is C9H10N6O10. The van der Waals surface area contributed by atoms with Crippen LogP contribution >= 0.6 is 0 Å². The minimum Gasteiger partial charge on any atom is -0.264 e. The average molecular weight is 362 g/mol. The van der Waals surface area contributed by atoms with Gasteiger partial charge in [-0.2, -0.15) is 0 Å². The van der Waals surface area contributed by atoms with Crippen molar-refractivity contribution < 1.29 is 24.7 Å². The van der Waals surface area contributed by atoms with Crippen LogP contribution < -0.4 is 0 Å². The highest BCUT2D eigenvalue weighted by Gasteiger charge is 2.92. The van der Waals surface area contributed by atoms with Gasteiger partial charge in [-0.15, -0.1) is 0 Å². The van der Waals surface area contributed by atoms with Crippen LogP contribution in [0.5, 0.6) is 0 Å². The van der Waals surface area contributed by atoms with E-state index in [1.165, 1.54) is 0 Å². The monoisotopic (exact) mass is 362 g/mol. The molecule has 0 aromatic rings. The molecule has 25 heavy (non-hydrogen) atoms. The van der Waals surface area contributed by atoms with Gasteiger partial charge < -0.3 is 0 Å². The summed E-state index contributed by atoms with van der Waals surface area (Å²) in [5, 5.41) is 56.0. The second-order valence-electron chi connectivity index (χ2n) is 6.39. The molecule has 2 saturated heterocycles. The molecule has 5 unspecified atom stereocenters. The molecule has 0 amide bonds. The van der Waals surface area contributed by atoms with E-state index in [1.54, 1.807) is 0 Å². The third-order valence-electron chi connectivity index (χ3n) is 5.67. The maximum Gasteiger partial charge on any atom is 0.487 e. The highest BCUT2D eigenvalue weighted by Crippen LogP contribution is 2.60. The van der Waals surface area contributed by atoms with Crippen LogP contribution in [0.15, 0.2) is 0 Å². The molecule has 4 aliphatic rings. The summed E-state index contributed by atoms with van der Waals surface area (Å²) in [6.07, 6.45) is -1.96. The van der Waals surface area contributed by atoms with Crippen molar-refractivity contribution in [2.24, 2.45) is 11.8 Å². The van der Waals surface area contributed by atoms with Crippen molar-refractivity contribution in [2.45, 2.75) is 42.7 Å². The van der Waals surface area contributed by atoms with E-state index in [1.807, 2.05) is 0 Å². The van der Waals surface area contributed by atoms with E-state index in [-0.39, 0.29) is 11.4 Å². The summed E-state index contributed by atoms with van der Waals surface area (Å²) >= 11 is 0. The fourth-order valence-electron chi connectivity index (χ4n) is 4.97. The fourth-order valence-corrected chi connectivity index (χ4v) is 4.97. The molecule has 5 atom stereocenters. The lowest BCUT2D eigenvalue weighted by molar-refractivity contribution is -0.880. The summed E-state index contributed by atoms with van der Waals surface area (Å²) in [5.74, 6) is -2.60. The first-order valence-electron chi connectivity index (χ1n) is 7.03. The summed E-state index contributed by atoms with van der Waals surface area (Å²) in [6.45, 7) is 0. The average Bonchev–Trinajstić information content (AvgIpc) is 2.44. The van der Waals surface area contributed by atoms with Crippen LogP contribution in [0.2, 0.25) is 0 Å². The third kappa shape index (κ3) is 1.60.